The van der Waals surface area contributed by atoms with E-state index in [1.165, 1.54) is 18.2 Å². The predicted molar refractivity (Wildman–Crippen MR) is 78.8 cm³/mol. The fourth-order valence-corrected chi connectivity index (χ4v) is 4.21. The fraction of sp³-hybridized carbons (Fsp3) is 0.571. The number of nitrogens with zero attached hydrogens (tertiary/aromatic N) is 2. The van der Waals surface area contributed by atoms with Crippen LogP contribution in [0.25, 0.3) is 0 Å². The van der Waals surface area contributed by atoms with Crippen LogP contribution in [0, 0.1) is 5.82 Å². The van der Waals surface area contributed by atoms with Gasteiger partial charge in [-0.2, -0.15) is 0 Å². The molecule has 3 aliphatic rings. The molecule has 1 aromatic carbocycles. The molecule has 4 rings (SSSR count). The van der Waals surface area contributed by atoms with Gasteiger partial charge >= 0.3 is 0 Å². The number of hydrogen-bond acceptors (Lipinski definition) is 4. The van der Waals surface area contributed by atoms with Gasteiger partial charge in [-0.05, 0) is 17.7 Å². The standard InChI is InChI=1S/C14H20FN3O2S/c15-13-3-1-2-12(8-13)11-21(19,20)16-9-14-10-17-4-6-18(14)7-5-17/h1-3,8,14,16H,4-7,9-11H2. The minimum atomic E-state index is -3.43. The van der Waals surface area contributed by atoms with Gasteiger partial charge in [0.05, 0.1) is 5.75 Å². The second kappa shape index (κ2) is 6.00. The van der Waals surface area contributed by atoms with Crippen molar-refractivity contribution in [1.29, 1.82) is 0 Å². The van der Waals surface area contributed by atoms with Gasteiger partial charge in [0.25, 0.3) is 0 Å². The second-order valence-corrected chi connectivity index (χ2v) is 7.53. The summed E-state index contributed by atoms with van der Waals surface area (Å²) < 4.78 is 39.9. The molecule has 0 amide bonds. The van der Waals surface area contributed by atoms with Gasteiger partial charge in [-0.15, -0.1) is 0 Å². The summed E-state index contributed by atoms with van der Waals surface area (Å²) in [5.74, 6) is -0.590. The molecule has 0 saturated carbocycles. The number of hydrogen-bond donors (Lipinski definition) is 1. The van der Waals surface area contributed by atoms with Gasteiger partial charge in [0.2, 0.25) is 10.0 Å². The van der Waals surface area contributed by atoms with E-state index in [1.54, 1.807) is 6.07 Å². The smallest absolute Gasteiger partial charge is 0.215 e. The molecule has 3 aliphatic heterocycles. The molecular weight excluding hydrogens is 293 g/mol. The summed E-state index contributed by atoms with van der Waals surface area (Å²) in [6.07, 6.45) is 0. The molecule has 1 aromatic rings. The quantitative estimate of drug-likeness (QED) is 0.846. The highest BCUT2D eigenvalue weighted by atomic mass is 32.2. The largest absolute Gasteiger partial charge is 0.299 e. The highest BCUT2D eigenvalue weighted by Crippen LogP contribution is 2.15. The van der Waals surface area contributed by atoms with Crippen molar-refractivity contribution in [3.63, 3.8) is 0 Å². The zero-order valence-electron chi connectivity index (χ0n) is 11.8. The number of piperazine rings is 3. The molecule has 0 radical (unpaired) electrons. The molecule has 0 spiro atoms. The molecule has 0 aliphatic carbocycles. The lowest BCUT2D eigenvalue weighted by molar-refractivity contribution is 0.0158. The van der Waals surface area contributed by atoms with Crippen molar-refractivity contribution in [2.24, 2.45) is 0 Å². The van der Waals surface area contributed by atoms with Crippen LogP contribution in [0.1, 0.15) is 5.56 Å². The minimum absolute atomic E-state index is 0.179. The van der Waals surface area contributed by atoms with Crippen molar-refractivity contribution >= 4 is 10.0 Å². The molecule has 1 N–H and O–H groups in total. The summed E-state index contributed by atoms with van der Waals surface area (Å²) in [7, 11) is -3.43. The lowest BCUT2D eigenvalue weighted by Gasteiger charge is -2.47. The van der Waals surface area contributed by atoms with Crippen LogP contribution >= 0.6 is 0 Å². The third-order valence-electron chi connectivity index (χ3n) is 4.18. The van der Waals surface area contributed by atoms with Gasteiger partial charge in [0, 0.05) is 45.3 Å². The predicted octanol–water partition coefficient (Wildman–Crippen LogP) is 0.245. The van der Waals surface area contributed by atoms with Crippen LogP contribution in [0.3, 0.4) is 0 Å². The molecule has 21 heavy (non-hydrogen) atoms. The van der Waals surface area contributed by atoms with Crippen molar-refractivity contribution in [1.82, 2.24) is 14.5 Å². The Morgan fingerprint density at radius 2 is 2.00 bits per heavy atom. The van der Waals surface area contributed by atoms with Crippen molar-refractivity contribution in [3.05, 3.63) is 35.6 Å². The molecule has 3 saturated heterocycles. The molecule has 7 heteroatoms. The van der Waals surface area contributed by atoms with Crippen molar-refractivity contribution in [2.75, 3.05) is 39.3 Å². The first-order chi connectivity index (χ1) is 10.0. The first-order valence-electron chi connectivity index (χ1n) is 7.20. The zero-order chi connectivity index (χ0) is 14.9. The Bertz CT molecular complexity index is 600. The molecule has 1 atom stereocenters. The third kappa shape index (κ3) is 3.79. The van der Waals surface area contributed by atoms with Crippen molar-refractivity contribution in [3.8, 4) is 0 Å². The van der Waals surface area contributed by atoms with Gasteiger partial charge in [0.15, 0.2) is 0 Å². The Balaban J connectivity index is 1.56. The van der Waals surface area contributed by atoms with Crippen LogP contribution in [0.2, 0.25) is 0 Å². The molecule has 3 heterocycles. The van der Waals surface area contributed by atoms with Gasteiger partial charge in [0.1, 0.15) is 5.82 Å². The highest BCUT2D eigenvalue weighted by Gasteiger charge is 2.32. The molecule has 3 fully saturated rings. The normalized spacial score (nSPS) is 28.7. The van der Waals surface area contributed by atoms with Gasteiger partial charge < -0.3 is 0 Å². The van der Waals surface area contributed by atoms with E-state index in [0.29, 0.717) is 12.1 Å². The van der Waals surface area contributed by atoms with Crippen molar-refractivity contribution < 1.29 is 12.8 Å². The van der Waals surface area contributed by atoms with Crippen LogP contribution in [0.15, 0.2) is 24.3 Å². The average Bonchev–Trinajstić information content (AvgIpc) is 2.46. The summed E-state index contributed by atoms with van der Waals surface area (Å²) in [5, 5.41) is 0. The molecule has 5 nitrogen and oxygen atoms in total. The minimum Gasteiger partial charge on any atom is -0.299 e. The van der Waals surface area contributed by atoms with E-state index in [4.69, 9.17) is 0 Å². The number of fused-ring (bicyclic) bond motifs is 3. The monoisotopic (exact) mass is 313 g/mol. The van der Waals surface area contributed by atoms with E-state index in [2.05, 4.69) is 14.5 Å². The van der Waals surface area contributed by atoms with E-state index in [0.717, 1.165) is 32.7 Å². The highest BCUT2D eigenvalue weighted by molar-refractivity contribution is 7.88. The molecular formula is C14H20FN3O2S. The van der Waals surface area contributed by atoms with Crippen LogP contribution in [-0.2, 0) is 15.8 Å². The Kier molecular flexibility index (Phi) is 4.26. The lowest BCUT2D eigenvalue weighted by Crippen LogP contribution is -2.63. The maximum Gasteiger partial charge on any atom is 0.215 e. The van der Waals surface area contributed by atoms with Crippen LogP contribution in [0.4, 0.5) is 4.39 Å². The zero-order valence-corrected chi connectivity index (χ0v) is 12.7. The maximum atomic E-state index is 13.1. The Hall–Kier alpha value is -1.02. The first-order valence-corrected chi connectivity index (χ1v) is 8.85. The van der Waals surface area contributed by atoms with Crippen molar-refractivity contribution in [2.45, 2.75) is 11.8 Å². The third-order valence-corrected chi connectivity index (χ3v) is 5.50. The summed E-state index contributed by atoms with van der Waals surface area (Å²) >= 11 is 0. The summed E-state index contributed by atoms with van der Waals surface area (Å²) in [6.45, 7) is 5.52. The molecule has 1 unspecified atom stereocenters. The Labute approximate surface area is 124 Å². The summed E-state index contributed by atoms with van der Waals surface area (Å²) in [5.41, 5.74) is 0.469. The van der Waals surface area contributed by atoms with E-state index < -0.39 is 15.8 Å². The Morgan fingerprint density at radius 3 is 2.62 bits per heavy atom. The SMILES string of the molecule is O=S(=O)(Cc1cccc(F)c1)NCC1CN2CCN1CC2. The van der Waals surface area contributed by atoms with Gasteiger partial charge in [-0.3, -0.25) is 9.80 Å². The van der Waals surface area contributed by atoms with Crippen LogP contribution in [0.5, 0.6) is 0 Å². The van der Waals surface area contributed by atoms with Crippen LogP contribution in [-0.4, -0.2) is 63.5 Å². The Morgan fingerprint density at radius 1 is 1.24 bits per heavy atom. The number of sulfonamides is 1. The van der Waals surface area contributed by atoms with E-state index >= 15 is 0 Å². The first kappa shape index (κ1) is 14.9. The molecule has 0 aromatic heterocycles. The topological polar surface area (TPSA) is 52.7 Å². The van der Waals surface area contributed by atoms with Crippen LogP contribution < -0.4 is 4.72 Å². The summed E-state index contributed by atoms with van der Waals surface area (Å²) in [6, 6.07) is 5.97. The maximum absolute atomic E-state index is 13.1. The number of nitrogens with one attached hydrogen (secondary N) is 1. The summed E-state index contributed by atoms with van der Waals surface area (Å²) in [4.78, 5) is 4.70. The fourth-order valence-electron chi connectivity index (χ4n) is 3.04. The average molecular weight is 313 g/mol. The number of rotatable bonds is 5. The number of benzene rings is 1. The van der Waals surface area contributed by atoms with Gasteiger partial charge in [-0.25, -0.2) is 17.5 Å². The van der Waals surface area contributed by atoms with E-state index in [1.807, 2.05) is 0 Å². The van der Waals surface area contributed by atoms with Gasteiger partial charge in [-0.1, -0.05) is 12.1 Å². The lowest BCUT2D eigenvalue weighted by atomic mass is 10.1. The molecule has 116 valence electrons. The van der Waals surface area contributed by atoms with E-state index in [9.17, 15) is 12.8 Å². The number of halogens is 1. The van der Waals surface area contributed by atoms with E-state index in [-0.39, 0.29) is 11.8 Å². The molecule has 2 bridgehead atoms. The second-order valence-electron chi connectivity index (χ2n) is 5.73.